The number of ketones is 1. The molecular weight excluding hydrogens is 180 g/mol. The van der Waals surface area contributed by atoms with E-state index in [1.807, 2.05) is 6.92 Å². The summed E-state index contributed by atoms with van der Waals surface area (Å²) in [7, 11) is 0. The van der Waals surface area contributed by atoms with Gasteiger partial charge in [0.25, 0.3) is 0 Å². The molecular formula is C8H13ClO3. The number of alkyl halides is 1. The van der Waals surface area contributed by atoms with E-state index in [1.54, 1.807) is 0 Å². The second-order valence-electron chi connectivity index (χ2n) is 2.42. The first-order chi connectivity index (χ1) is 5.70. The van der Waals surface area contributed by atoms with Gasteiger partial charge in [0.15, 0.2) is 5.78 Å². The van der Waals surface area contributed by atoms with Crippen molar-refractivity contribution in [3.05, 3.63) is 0 Å². The highest BCUT2D eigenvalue weighted by Crippen LogP contribution is 1.94. The Labute approximate surface area is 77.0 Å². The fourth-order valence-corrected chi connectivity index (χ4v) is 0.684. The lowest BCUT2D eigenvalue weighted by molar-refractivity contribution is -0.145. The van der Waals surface area contributed by atoms with Crippen molar-refractivity contribution in [2.45, 2.75) is 26.2 Å². The Morgan fingerprint density at radius 1 is 1.42 bits per heavy atom. The molecule has 12 heavy (non-hydrogen) atoms. The van der Waals surface area contributed by atoms with E-state index in [9.17, 15) is 9.59 Å². The van der Waals surface area contributed by atoms with Crippen LogP contribution in [0.1, 0.15) is 26.2 Å². The van der Waals surface area contributed by atoms with E-state index in [2.05, 4.69) is 0 Å². The summed E-state index contributed by atoms with van der Waals surface area (Å²) in [6.45, 7) is 2.39. The van der Waals surface area contributed by atoms with E-state index >= 15 is 0 Å². The molecule has 0 rings (SSSR count). The van der Waals surface area contributed by atoms with Gasteiger partial charge in [-0.15, -0.1) is 11.6 Å². The van der Waals surface area contributed by atoms with Gasteiger partial charge in [-0.1, -0.05) is 13.3 Å². The maximum Gasteiger partial charge on any atom is 0.313 e. The van der Waals surface area contributed by atoms with Crippen molar-refractivity contribution in [2.24, 2.45) is 0 Å². The van der Waals surface area contributed by atoms with Crippen LogP contribution in [0, 0.1) is 0 Å². The summed E-state index contributed by atoms with van der Waals surface area (Å²) < 4.78 is 4.74. The number of hydrogen-bond donors (Lipinski definition) is 0. The molecule has 0 amide bonds. The van der Waals surface area contributed by atoms with E-state index in [-0.39, 0.29) is 18.1 Å². The van der Waals surface area contributed by atoms with Crippen LogP contribution < -0.4 is 0 Å². The molecule has 0 saturated carbocycles. The number of halogens is 1. The number of hydrogen-bond acceptors (Lipinski definition) is 3. The van der Waals surface area contributed by atoms with Crippen molar-refractivity contribution >= 4 is 23.4 Å². The molecule has 0 aliphatic carbocycles. The second kappa shape index (κ2) is 7.10. The van der Waals surface area contributed by atoms with E-state index in [0.717, 1.165) is 12.8 Å². The van der Waals surface area contributed by atoms with Gasteiger partial charge in [-0.2, -0.15) is 0 Å². The number of carbonyl (C=O) groups excluding carboxylic acids is 2. The molecule has 0 saturated heterocycles. The molecule has 0 aromatic carbocycles. The van der Waals surface area contributed by atoms with Crippen LogP contribution in [0.3, 0.4) is 0 Å². The zero-order chi connectivity index (χ0) is 9.40. The van der Waals surface area contributed by atoms with Crippen molar-refractivity contribution in [1.29, 1.82) is 0 Å². The monoisotopic (exact) mass is 192 g/mol. The van der Waals surface area contributed by atoms with Crippen LogP contribution >= 0.6 is 11.6 Å². The molecule has 0 aliphatic heterocycles. The van der Waals surface area contributed by atoms with Crippen molar-refractivity contribution in [3.63, 3.8) is 0 Å². The van der Waals surface area contributed by atoms with Gasteiger partial charge >= 0.3 is 5.97 Å². The molecule has 0 aromatic heterocycles. The molecule has 0 bridgehead atoms. The van der Waals surface area contributed by atoms with Gasteiger partial charge in [0.1, 0.15) is 6.42 Å². The molecule has 3 nitrogen and oxygen atoms in total. The van der Waals surface area contributed by atoms with Crippen LogP contribution in [-0.2, 0) is 14.3 Å². The third-order valence-corrected chi connectivity index (χ3v) is 1.55. The van der Waals surface area contributed by atoms with E-state index in [0.29, 0.717) is 6.61 Å². The molecule has 0 heterocycles. The predicted molar refractivity (Wildman–Crippen MR) is 46.2 cm³/mol. The molecule has 0 radical (unpaired) electrons. The molecule has 0 atom stereocenters. The summed E-state index contributed by atoms with van der Waals surface area (Å²) in [5, 5.41) is 0. The maximum absolute atomic E-state index is 10.8. The Balaban J connectivity index is 3.40. The molecule has 0 fully saturated rings. The fourth-order valence-electron chi connectivity index (χ4n) is 0.590. The van der Waals surface area contributed by atoms with E-state index < -0.39 is 5.97 Å². The molecule has 0 spiro atoms. The van der Waals surface area contributed by atoms with Crippen LogP contribution in [0.15, 0.2) is 0 Å². The maximum atomic E-state index is 10.8. The van der Waals surface area contributed by atoms with Gasteiger partial charge in [0.2, 0.25) is 0 Å². The first-order valence-electron chi connectivity index (χ1n) is 3.94. The SMILES string of the molecule is CCCCOC(=O)CC(=O)CCl. The zero-order valence-corrected chi connectivity index (χ0v) is 7.89. The van der Waals surface area contributed by atoms with E-state index in [1.165, 1.54) is 0 Å². The summed E-state index contributed by atoms with van der Waals surface area (Å²) in [5.41, 5.74) is 0. The summed E-state index contributed by atoms with van der Waals surface area (Å²) >= 11 is 5.20. The number of esters is 1. The Bertz CT molecular complexity index is 156. The molecule has 0 aromatic rings. The van der Waals surface area contributed by atoms with Crippen LogP contribution in [0.2, 0.25) is 0 Å². The summed E-state index contributed by atoms with van der Waals surface area (Å²) in [4.78, 5) is 21.4. The minimum atomic E-state index is -0.478. The molecule has 4 heteroatoms. The van der Waals surface area contributed by atoms with Gasteiger partial charge in [-0.05, 0) is 6.42 Å². The Kier molecular flexibility index (Phi) is 6.76. The second-order valence-corrected chi connectivity index (χ2v) is 2.69. The summed E-state index contributed by atoms with van der Waals surface area (Å²) in [6, 6.07) is 0. The third kappa shape index (κ3) is 6.16. The minimum Gasteiger partial charge on any atom is -0.465 e. The van der Waals surface area contributed by atoms with Crippen molar-refractivity contribution in [3.8, 4) is 0 Å². The van der Waals surface area contributed by atoms with Crippen LogP contribution in [-0.4, -0.2) is 24.2 Å². The number of rotatable bonds is 6. The average molecular weight is 193 g/mol. The van der Waals surface area contributed by atoms with E-state index in [4.69, 9.17) is 16.3 Å². The molecule has 0 N–H and O–H groups in total. The van der Waals surface area contributed by atoms with Crippen molar-refractivity contribution in [1.82, 2.24) is 0 Å². The lowest BCUT2D eigenvalue weighted by Crippen LogP contribution is -2.12. The minimum absolute atomic E-state index is 0.122. The third-order valence-electron chi connectivity index (χ3n) is 1.25. The molecule has 0 aliphatic rings. The number of carbonyl (C=O) groups is 2. The van der Waals surface area contributed by atoms with Gasteiger partial charge in [-0.25, -0.2) is 0 Å². The van der Waals surface area contributed by atoms with Gasteiger partial charge in [0, 0.05) is 0 Å². The highest BCUT2D eigenvalue weighted by Gasteiger charge is 2.08. The van der Waals surface area contributed by atoms with Gasteiger partial charge in [-0.3, -0.25) is 9.59 Å². The quantitative estimate of drug-likeness (QED) is 0.278. The molecule has 70 valence electrons. The smallest absolute Gasteiger partial charge is 0.313 e. The fraction of sp³-hybridized carbons (Fsp3) is 0.750. The Hall–Kier alpha value is -0.570. The van der Waals surface area contributed by atoms with Crippen LogP contribution in [0.25, 0.3) is 0 Å². The molecule has 0 unspecified atom stereocenters. The van der Waals surface area contributed by atoms with Crippen molar-refractivity contribution in [2.75, 3.05) is 12.5 Å². The number of Topliss-reactive ketones (excluding diaryl/α,β-unsaturated/α-hetero) is 1. The number of unbranched alkanes of at least 4 members (excludes halogenated alkanes) is 1. The predicted octanol–water partition coefficient (Wildman–Crippen LogP) is 1.53. The topological polar surface area (TPSA) is 43.4 Å². The van der Waals surface area contributed by atoms with Crippen LogP contribution in [0.5, 0.6) is 0 Å². The van der Waals surface area contributed by atoms with Gasteiger partial charge < -0.3 is 4.74 Å². The standard InChI is InChI=1S/C8H13ClO3/c1-2-3-4-12-8(11)5-7(10)6-9/h2-6H2,1H3. The summed E-state index contributed by atoms with van der Waals surface area (Å²) in [6.07, 6.45) is 1.60. The largest absolute Gasteiger partial charge is 0.465 e. The zero-order valence-electron chi connectivity index (χ0n) is 7.14. The van der Waals surface area contributed by atoms with Crippen molar-refractivity contribution < 1.29 is 14.3 Å². The first-order valence-corrected chi connectivity index (χ1v) is 4.47. The Morgan fingerprint density at radius 3 is 2.58 bits per heavy atom. The van der Waals surface area contributed by atoms with Crippen LogP contribution in [0.4, 0.5) is 0 Å². The summed E-state index contributed by atoms with van der Waals surface area (Å²) in [5.74, 6) is -0.893. The van der Waals surface area contributed by atoms with Gasteiger partial charge in [0.05, 0.1) is 12.5 Å². The lowest BCUT2D eigenvalue weighted by atomic mass is 10.3. The Morgan fingerprint density at radius 2 is 2.08 bits per heavy atom. The highest BCUT2D eigenvalue weighted by molar-refractivity contribution is 6.28. The lowest BCUT2D eigenvalue weighted by Gasteiger charge is -2.01. The normalized spacial score (nSPS) is 9.50. The first kappa shape index (κ1) is 11.4. The number of ether oxygens (including phenoxy) is 1. The highest BCUT2D eigenvalue weighted by atomic mass is 35.5. The average Bonchev–Trinajstić information content (AvgIpc) is 2.05.